The molecule has 3 aromatic rings. The summed E-state index contributed by atoms with van der Waals surface area (Å²) in [6.45, 7) is 4.17. The highest BCUT2D eigenvalue weighted by atomic mass is 19.1. The third-order valence-electron chi connectivity index (χ3n) is 7.08. The highest BCUT2D eigenvalue weighted by molar-refractivity contribution is 6.15. The number of nitrogens with zero attached hydrogens (tertiary/aromatic N) is 3. The molecule has 0 radical (unpaired) electrons. The van der Waals surface area contributed by atoms with Gasteiger partial charge in [-0.2, -0.15) is 0 Å². The second kappa shape index (κ2) is 9.01. The standard InChI is InChI=1S/C30H30FN3O2/c1-30(2)17-24-27(26(35)18-30)28(19-11-15-22(16-12-19)33(3)4)34(25-8-6-5-7-23(25)32-24)29(36)20-9-13-21(31)14-10-20/h5-16,27-28H,17-18H2,1-4H3/t27-,28-/m1/s1. The summed E-state index contributed by atoms with van der Waals surface area (Å²) in [6.07, 6.45) is 1.08. The molecule has 0 unspecified atom stereocenters. The van der Waals surface area contributed by atoms with Crippen LogP contribution in [0.1, 0.15) is 48.7 Å². The molecule has 1 fully saturated rings. The number of aliphatic imine (C=N–C) groups is 1. The van der Waals surface area contributed by atoms with Gasteiger partial charge in [0, 0.05) is 37.5 Å². The van der Waals surface area contributed by atoms with Crippen molar-refractivity contribution in [1.29, 1.82) is 0 Å². The Labute approximate surface area is 211 Å². The number of benzene rings is 3. The fourth-order valence-electron chi connectivity index (χ4n) is 5.39. The lowest BCUT2D eigenvalue weighted by Gasteiger charge is -2.41. The number of anilines is 2. The van der Waals surface area contributed by atoms with Crippen molar-refractivity contribution in [2.24, 2.45) is 16.3 Å². The van der Waals surface area contributed by atoms with Gasteiger partial charge in [-0.05, 0) is 65.9 Å². The van der Waals surface area contributed by atoms with E-state index in [-0.39, 0.29) is 17.1 Å². The van der Waals surface area contributed by atoms with Crippen LogP contribution < -0.4 is 9.80 Å². The Bertz CT molecular complexity index is 1340. The third-order valence-corrected chi connectivity index (χ3v) is 7.08. The predicted molar refractivity (Wildman–Crippen MR) is 142 cm³/mol. The van der Waals surface area contributed by atoms with Crippen molar-refractivity contribution in [3.63, 3.8) is 0 Å². The molecule has 0 saturated heterocycles. The Kier molecular flexibility index (Phi) is 5.99. The highest BCUT2D eigenvalue weighted by Crippen LogP contribution is 2.48. The van der Waals surface area contributed by atoms with Crippen LogP contribution in [-0.2, 0) is 4.79 Å². The zero-order valence-corrected chi connectivity index (χ0v) is 21.0. The first kappa shape index (κ1) is 23.9. The van der Waals surface area contributed by atoms with E-state index in [2.05, 4.69) is 13.8 Å². The summed E-state index contributed by atoms with van der Waals surface area (Å²) in [7, 11) is 3.94. The van der Waals surface area contributed by atoms with E-state index in [0.29, 0.717) is 29.8 Å². The van der Waals surface area contributed by atoms with Gasteiger partial charge in [0.15, 0.2) is 0 Å². The molecule has 36 heavy (non-hydrogen) atoms. The Hall–Kier alpha value is -3.80. The number of para-hydroxylation sites is 2. The minimum absolute atomic E-state index is 0.0800. The van der Waals surface area contributed by atoms with Crippen molar-refractivity contribution in [2.75, 3.05) is 23.9 Å². The molecule has 2 aliphatic rings. The summed E-state index contributed by atoms with van der Waals surface area (Å²) in [4.78, 5) is 36.6. The summed E-state index contributed by atoms with van der Waals surface area (Å²) in [5, 5.41) is 0. The molecule has 1 amide bonds. The fraction of sp³-hybridized carbons (Fsp3) is 0.300. The molecule has 6 heteroatoms. The maximum Gasteiger partial charge on any atom is 0.258 e. The van der Waals surface area contributed by atoms with Gasteiger partial charge in [-0.25, -0.2) is 4.39 Å². The van der Waals surface area contributed by atoms with Crippen LogP contribution in [0.5, 0.6) is 0 Å². The number of carbonyl (C=O) groups excluding carboxylic acids is 2. The van der Waals surface area contributed by atoms with Crippen LogP contribution in [0.15, 0.2) is 77.8 Å². The van der Waals surface area contributed by atoms with E-state index in [1.807, 2.05) is 67.5 Å². The third kappa shape index (κ3) is 4.32. The number of halogens is 1. The first-order valence-corrected chi connectivity index (χ1v) is 12.2. The molecule has 1 aliphatic carbocycles. The van der Waals surface area contributed by atoms with Crippen molar-refractivity contribution in [1.82, 2.24) is 0 Å². The molecule has 1 aliphatic heterocycles. The molecule has 184 valence electrons. The summed E-state index contributed by atoms with van der Waals surface area (Å²) in [5.41, 5.74) is 4.13. The number of amides is 1. The number of fused-ring (bicyclic) bond motifs is 2. The maximum absolute atomic E-state index is 14.1. The van der Waals surface area contributed by atoms with Gasteiger partial charge in [0.05, 0.1) is 23.3 Å². The van der Waals surface area contributed by atoms with E-state index >= 15 is 0 Å². The molecule has 5 nitrogen and oxygen atoms in total. The molecule has 0 aromatic heterocycles. The largest absolute Gasteiger partial charge is 0.378 e. The van der Waals surface area contributed by atoms with Gasteiger partial charge in [-0.3, -0.25) is 19.5 Å². The topological polar surface area (TPSA) is 53.0 Å². The minimum Gasteiger partial charge on any atom is -0.378 e. The Morgan fingerprint density at radius 2 is 1.64 bits per heavy atom. The maximum atomic E-state index is 14.1. The lowest BCUT2D eigenvalue weighted by Crippen LogP contribution is -2.47. The van der Waals surface area contributed by atoms with Crippen molar-refractivity contribution in [3.8, 4) is 0 Å². The van der Waals surface area contributed by atoms with Gasteiger partial charge in [0.1, 0.15) is 11.6 Å². The van der Waals surface area contributed by atoms with E-state index < -0.39 is 17.8 Å². The lowest BCUT2D eigenvalue weighted by atomic mass is 9.68. The van der Waals surface area contributed by atoms with Gasteiger partial charge >= 0.3 is 0 Å². The number of hydrogen-bond donors (Lipinski definition) is 0. The number of rotatable bonds is 3. The van der Waals surface area contributed by atoms with Crippen LogP contribution in [0.4, 0.5) is 21.5 Å². The summed E-state index contributed by atoms with van der Waals surface area (Å²) in [6, 6.07) is 20.5. The van der Waals surface area contributed by atoms with Crippen molar-refractivity contribution >= 4 is 34.5 Å². The van der Waals surface area contributed by atoms with E-state index in [9.17, 15) is 14.0 Å². The molecular weight excluding hydrogens is 453 g/mol. The summed E-state index contributed by atoms with van der Waals surface area (Å²) in [5.74, 6) is -1.19. The fourth-order valence-corrected chi connectivity index (χ4v) is 5.39. The van der Waals surface area contributed by atoms with Crippen LogP contribution in [0.2, 0.25) is 0 Å². The van der Waals surface area contributed by atoms with Crippen molar-refractivity contribution in [2.45, 2.75) is 32.7 Å². The van der Waals surface area contributed by atoms with Gasteiger partial charge in [-0.1, -0.05) is 38.1 Å². The normalized spacial score (nSPS) is 20.6. The molecular formula is C30H30FN3O2. The monoisotopic (exact) mass is 483 g/mol. The Balaban J connectivity index is 1.74. The Morgan fingerprint density at radius 1 is 0.972 bits per heavy atom. The smallest absolute Gasteiger partial charge is 0.258 e. The number of ketones is 1. The zero-order valence-electron chi connectivity index (χ0n) is 21.0. The first-order chi connectivity index (χ1) is 17.1. The number of hydrogen-bond acceptors (Lipinski definition) is 4. The van der Waals surface area contributed by atoms with E-state index in [1.165, 1.54) is 24.3 Å². The van der Waals surface area contributed by atoms with Crippen LogP contribution in [0.25, 0.3) is 0 Å². The second-order valence-electron chi connectivity index (χ2n) is 10.7. The average Bonchev–Trinajstić information content (AvgIpc) is 2.97. The first-order valence-electron chi connectivity index (χ1n) is 12.2. The average molecular weight is 484 g/mol. The van der Waals surface area contributed by atoms with Crippen molar-refractivity contribution in [3.05, 3.63) is 89.7 Å². The van der Waals surface area contributed by atoms with E-state index in [0.717, 1.165) is 17.0 Å². The molecule has 0 spiro atoms. The van der Waals surface area contributed by atoms with Crippen LogP contribution in [0.3, 0.4) is 0 Å². The van der Waals surface area contributed by atoms with Crippen LogP contribution in [0, 0.1) is 17.2 Å². The predicted octanol–water partition coefficient (Wildman–Crippen LogP) is 6.37. The molecule has 0 N–H and O–H groups in total. The van der Waals surface area contributed by atoms with Gasteiger partial charge < -0.3 is 4.90 Å². The molecule has 5 rings (SSSR count). The summed E-state index contributed by atoms with van der Waals surface area (Å²) >= 11 is 0. The highest BCUT2D eigenvalue weighted by Gasteiger charge is 2.47. The van der Waals surface area contributed by atoms with Gasteiger partial charge in [0.25, 0.3) is 5.91 Å². The molecule has 1 heterocycles. The quantitative estimate of drug-likeness (QED) is 0.435. The van der Waals surface area contributed by atoms with Crippen molar-refractivity contribution < 1.29 is 14.0 Å². The van der Waals surface area contributed by atoms with Gasteiger partial charge in [-0.15, -0.1) is 0 Å². The van der Waals surface area contributed by atoms with Crippen LogP contribution in [-0.4, -0.2) is 31.5 Å². The zero-order chi connectivity index (χ0) is 25.6. The number of carbonyl (C=O) groups is 2. The number of Topliss-reactive ketones (excluding diaryl/α,β-unsaturated/α-hetero) is 1. The van der Waals surface area contributed by atoms with E-state index in [1.54, 1.807) is 4.90 Å². The molecule has 1 saturated carbocycles. The van der Waals surface area contributed by atoms with E-state index in [4.69, 9.17) is 4.99 Å². The minimum atomic E-state index is -0.579. The van der Waals surface area contributed by atoms with Crippen LogP contribution >= 0.6 is 0 Å². The molecule has 0 bridgehead atoms. The summed E-state index contributed by atoms with van der Waals surface area (Å²) < 4.78 is 13.7. The molecule has 3 aromatic carbocycles. The lowest BCUT2D eigenvalue weighted by molar-refractivity contribution is -0.124. The Morgan fingerprint density at radius 3 is 2.31 bits per heavy atom. The SMILES string of the molecule is CN(C)c1ccc([C@@H]2[C@H]3C(=O)CC(C)(C)CC3=Nc3ccccc3N2C(=O)c2ccc(F)cc2)cc1. The second-order valence-corrected chi connectivity index (χ2v) is 10.7. The van der Waals surface area contributed by atoms with Gasteiger partial charge in [0.2, 0.25) is 0 Å². The molecule has 2 atom stereocenters.